The van der Waals surface area contributed by atoms with Gasteiger partial charge in [-0.2, -0.15) is 0 Å². The standard InChI is InChI=1S/C17H27N3O/c1-19(14-6-8-15(21-2)9-7-14)17(13-18)10-12-20-11-4-3-5-16(17)20/h6-9,16H,3-5,10-13,18H2,1-2H3. The van der Waals surface area contributed by atoms with Crippen LogP contribution in [0, 0.1) is 0 Å². The molecule has 0 saturated carbocycles. The molecule has 0 aromatic heterocycles. The summed E-state index contributed by atoms with van der Waals surface area (Å²) in [6.07, 6.45) is 5.11. The SMILES string of the molecule is COc1ccc(N(C)C2(CN)CCN3CCCCC32)cc1. The van der Waals surface area contributed by atoms with Crippen LogP contribution >= 0.6 is 0 Å². The van der Waals surface area contributed by atoms with Crippen molar-refractivity contribution in [2.75, 3.05) is 38.7 Å². The van der Waals surface area contributed by atoms with Gasteiger partial charge in [0.25, 0.3) is 0 Å². The number of nitrogens with two attached hydrogens (primary N) is 1. The number of ether oxygens (including phenoxy) is 1. The number of nitrogens with zero attached hydrogens (tertiary/aromatic N) is 2. The first-order valence-corrected chi connectivity index (χ1v) is 8.03. The van der Waals surface area contributed by atoms with Gasteiger partial charge in [-0.3, -0.25) is 4.90 Å². The second-order valence-electron chi connectivity index (χ2n) is 6.36. The van der Waals surface area contributed by atoms with Gasteiger partial charge in [0, 0.05) is 31.9 Å². The number of hydrogen-bond acceptors (Lipinski definition) is 4. The molecular weight excluding hydrogens is 262 g/mol. The fourth-order valence-corrected chi connectivity index (χ4v) is 4.20. The minimum Gasteiger partial charge on any atom is -0.497 e. The third-order valence-electron chi connectivity index (χ3n) is 5.55. The van der Waals surface area contributed by atoms with E-state index in [2.05, 4.69) is 29.0 Å². The maximum atomic E-state index is 6.28. The zero-order valence-corrected chi connectivity index (χ0v) is 13.2. The zero-order valence-electron chi connectivity index (χ0n) is 13.2. The summed E-state index contributed by atoms with van der Waals surface area (Å²) < 4.78 is 5.26. The highest BCUT2D eigenvalue weighted by molar-refractivity contribution is 5.52. The molecule has 21 heavy (non-hydrogen) atoms. The van der Waals surface area contributed by atoms with Crippen LogP contribution in [0.2, 0.25) is 0 Å². The molecule has 2 unspecified atom stereocenters. The van der Waals surface area contributed by atoms with Gasteiger partial charge in [-0.25, -0.2) is 0 Å². The number of rotatable bonds is 4. The Labute approximate surface area is 127 Å². The van der Waals surface area contributed by atoms with E-state index in [1.54, 1.807) is 7.11 Å². The molecule has 0 spiro atoms. The highest BCUT2D eigenvalue weighted by Gasteiger charge is 2.49. The van der Waals surface area contributed by atoms with Gasteiger partial charge in [0.15, 0.2) is 0 Å². The predicted molar refractivity (Wildman–Crippen MR) is 87.0 cm³/mol. The van der Waals surface area contributed by atoms with E-state index in [9.17, 15) is 0 Å². The van der Waals surface area contributed by atoms with Crippen molar-refractivity contribution in [2.45, 2.75) is 37.3 Å². The molecule has 2 heterocycles. The molecule has 2 saturated heterocycles. The van der Waals surface area contributed by atoms with Crippen molar-refractivity contribution in [1.29, 1.82) is 0 Å². The van der Waals surface area contributed by atoms with E-state index in [1.807, 2.05) is 12.1 Å². The van der Waals surface area contributed by atoms with Crippen molar-refractivity contribution in [3.63, 3.8) is 0 Å². The van der Waals surface area contributed by atoms with Crippen LogP contribution < -0.4 is 15.4 Å². The lowest BCUT2D eigenvalue weighted by Gasteiger charge is -2.47. The van der Waals surface area contributed by atoms with Crippen molar-refractivity contribution >= 4 is 5.69 Å². The molecule has 0 bridgehead atoms. The summed E-state index contributed by atoms with van der Waals surface area (Å²) in [7, 11) is 3.91. The Morgan fingerprint density at radius 3 is 2.71 bits per heavy atom. The molecule has 4 heteroatoms. The number of fused-ring (bicyclic) bond motifs is 1. The first-order chi connectivity index (χ1) is 10.2. The van der Waals surface area contributed by atoms with Gasteiger partial charge in [-0.1, -0.05) is 6.42 Å². The van der Waals surface area contributed by atoms with E-state index in [1.165, 1.54) is 38.0 Å². The van der Waals surface area contributed by atoms with Gasteiger partial charge in [0.05, 0.1) is 12.6 Å². The molecule has 2 N–H and O–H groups in total. The smallest absolute Gasteiger partial charge is 0.119 e. The number of hydrogen-bond donors (Lipinski definition) is 1. The van der Waals surface area contributed by atoms with Gasteiger partial charge in [0.2, 0.25) is 0 Å². The molecule has 3 rings (SSSR count). The molecule has 1 aromatic rings. The van der Waals surface area contributed by atoms with Crippen LogP contribution in [-0.4, -0.2) is 50.3 Å². The average Bonchev–Trinajstić information content (AvgIpc) is 2.94. The quantitative estimate of drug-likeness (QED) is 0.921. The van der Waals surface area contributed by atoms with Crippen molar-refractivity contribution in [3.05, 3.63) is 24.3 Å². The van der Waals surface area contributed by atoms with E-state index >= 15 is 0 Å². The van der Waals surface area contributed by atoms with Gasteiger partial charge in [0.1, 0.15) is 5.75 Å². The number of methoxy groups -OCH3 is 1. The zero-order chi connectivity index (χ0) is 14.9. The average molecular weight is 289 g/mol. The molecule has 0 aliphatic carbocycles. The summed E-state index contributed by atoms with van der Waals surface area (Å²) >= 11 is 0. The van der Waals surface area contributed by atoms with E-state index in [4.69, 9.17) is 10.5 Å². The van der Waals surface area contributed by atoms with Gasteiger partial charge in [-0.05, 0) is 50.1 Å². The molecule has 0 amide bonds. The maximum absolute atomic E-state index is 6.28. The molecule has 2 atom stereocenters. The minimum atomic E-state index is 0.0784. The Kier molecular flexibility index (Phi) is 4.09. The summed E-state index contributed by atoms with van der Waals surface area (Å²) in [5.41, 5.74) is 7.59. The van der Waals surface area contributed by atoms with Gasteiger partial charge >= 0.3 is 0 Å². The predicted octanol–water partition coefficient (Wildman–Crippen LogP) is 2.09. The van der Waals surface area contributed by atoms with Crippen LogP contribution in [0.1, 0.15) is 25.7 Å². The van der Waals surface area contributed by atoms with Crippen LogP contribution in [0.15, 0.2) is 24.3 Å². The van der Waals surface area contributed by atoms with Crippen molar-refractivity contribution < 1.29 is 4.74 Å². The van der Waals surface area contributed by atoms with Crippen LogP contribution in [0.4, 0.5) is 5.69 Å². The Morgan fingerprint density at radius 1 is 1.29 bits per heavy atom. The van der Waals surface area contributed by atoms with Crippen LogP contribution in [0.5, 0.6) is 5.75 Å². The van der Waals surface area contributed by atoms with E-state index in [0.29, 0.717) is 6.04 Å². The Bertz CT molecular complexity index is 475. The molecule has 2 fully saturated rings. The summed E-state index contributed by atoms with van der Waals surface area (Å²) in [6.45, 7) is 3.14. The number of piperidine rings is 1. The monoisotopic (exact) mass is 289 g/mol. The van der Waals surface area contributed by atoms with E-state index in [0.717, 1.165) is 18.7 Å². The lowest BCUT2D eigenvalue weighted by atomic mass is 9.83. The molecule has 2 aliphatic heterocycles. The first-order valence-electron chi connectivity index (χ1n) is 8.03. The topological polar surface area (TPSA) is 41.7 Å². The largest absolute Gasteiger partial charge is 0.497 e. The summed E-state index contributed by atoms with van der Waals surface area (Å²) in [5.74, 6) is 0.902. The van der Waals surface area contributed by atoms with Crippen LogP contribution in [-0.2, 0) is 0 Å². The molecule has 0 radical (unpaired) electrons. The lowest BCUT2D eigenvalue weighted by molar-refractivity contribution is 0.157. The second-order valence-corrected chi connectivity index (χ2v) is 6.36. The Hall–Kier alpha value is -1.26. The Morgan fingerprint density at radius 2 is 2.05 bits per heavy atom. The third-order valence-corrected chi connectivity index (χ3v) is 5.55. The van der Waals surface area contributed by atoms with E-state index in [-0.39, 0.29) is 5.54 Å². The van der Waals surface area contributed by atoms with Crippen molar-refractivity contribution in [2.24, 2.45) is 5.73 Å². The number of likely N-dealkylation sites (N-methyl/N-ethyl adjacent to an activating group) is 1. The van der Waals surface area contributed by atoms with Crippen LogP contribution in [0.3, 0.4) is 0 Å². The fourth-order valence-electron chi connectivity index (χ4n) is 4.20. The van der Waals surface area contributed by atoms with E-state index < -0.39 is 0 Å². The van der Waals surface area contributed by atoms with Crippen LogP contribution in [0.25, 0.3) is 0 Å². The number of benzene rings is 1. The highest BCUT2D eigenvalue weighted by atomic mass is 16.5. The molecular formula is C17H27N3O. The molecule has 116 valence electrons. The van der Waals surface area contributed by atoms with Crippen molar-refractivity contribution in [1.82, 2.24) is 4.90 Å². The fraction of sp³-hybridized carbons (Fsp3) is 0.647. The molecule has 1 aromatic carbocycles. The van der Waals surface area contributed by atoms with Gasteiger partial charge in [-0.15, -0.1) is 0 Å². The summed E-state index contributed by atoms with van der Waals surface area (Å²) in [4.78, 5) is 5.07. The molecule has 2 aliphatic rings. The summed E-state index contributed by atoms with van der Waals surface area (Å²) in [5, 5.41) is 0. The summed E-state index contributed by atoms with van der Waals surface area (Å²) in [6, 6.07) is 8.94. The maximum Gasteiger partial charge on any atom is 0.119 e. The second kappa shape index (κ2) is 5.85. The Balaban J connectivity index is 1.87. The lowest BCUT2D eigenvalue weighted by Crippen LogP contribution is -2.60. The van der Waals surface area contributed by atoms with Crippen molar-refractivity contribution in [3.8, 4) is 5.75 Å². The van der Waals surface area contributed by atoms with Gasteiger partial charge < -0.3 is 15.4 Å². The molecule has 4 nitrogen and oxygen atoms in total. The first kappa shape index (κ1) is 14.7. The normalized spacial score (nSPS) is 29.2. The highest BCUT2D eigenvalue weighted by Crippen LogP contribution is 2.40. The number of anilines is 1. The third kappa shape index (κ3) is 2.40. The minimum absolute atomic E-state index is 0.0784.